The van der Waals surface area contributed by atoms with Gasteiger partial charge >= 0.3 is 6.09 Å². The molecule has 0 fully saturated rings. The Morgan fingerprint density at radius 2 is 2.22 bits per heavy atom. The van der Waals surface area contributed by atoms with Gasteiger partial charge < -0.3 is 10.5 Å². The smallest absolute Gasteiger partial charge is 0.404 e. The summed E-state index contributed by atoms with van der Waals surface area (Å²) >= 11 is 0. The van der Waals surface area contributed by atoms with Crippen LogP contribution in [0.5, 0.6) is 0 Å². The third-order valence-corrected chi connectivity index (χ3v) is 0.287. The molecule has 0 unspecified atom stereocenters. The van der Waals surface area contributed by atoms with E-state index in [2.05, 4.69) is 17.0 Å². The molecule has 0 rings (SSSR count). The molecule has 0 aromatic carbocycles. The fraction of sp³-hybridized carbons (Fsp3) is 0.500. The number of carbonyl (C=O) groups is 1. The molecule has 0 radical (unpaired) electrons. The fourth-order valence-electron chi connectivity index (χ4n) is 0.142. The molecule has 0 aromatic heterocycles. The second kappa shape index (κ2) is 10.1. The Morgan fingerprint density at radius 3 is 2.22 bits per heavy atom. The molecule has 0 aliphatic heterocycles. The SMILES string of the molecule is C=CC.CCOC(N)=O. The van der Waals surface area contributed by atoms with Crippen LogP contribution in [0, 0.1) is 0 Å². The van der Waals surface area contributed by atoms with Crippen molar-refractivity contribution in [3.05, 3.63) is 12.7 Å². The summed E-state index contributed by atoms with van der Waals surface area (Å²) in [5.74, 6) is 0. The first-order valence-corrected chi connectivity index (χ1v) is 2.68. The number of carbonyl (C=O) groups excluding carboxylic acids is 1. The predicted octanol–water partition coefficient (Wildman–Crippen LogP) is 1.29. The van der Waals surface area contributed by atoms with Crippen molar-refractivity contribution in [1.82, 2.24) is 0 Å². The number of allylic oxidation sites excluding steroid dienone is 1. The molecule has 1 amide bonds. The van der Waals surface area contributed by atoms with E-state index >= 15 is 0 Å². The van der Waals surface area contributed by atoms with Crippen molar-refractivity contribution in [3.8, 4) is 0 Å². The first kappa shape index (κ1) is 10.9. The second-order valence-corrected chi connectivity index (χ2v) is 1.16. The lowest BCUT2D eigenvalue weighted by molar-refractivity contribution is 0.163. The van der Waals surface area contributed by atoms with Crippen molar-refractivity contribution in [2.24, 2.45) is 5.73 Å². The third kappa shape index (κ3) is 43.6. The van der Waals surface area contributed by atoms with Gasteiger partial charge in [-0.15, -0.1) is 6.58 Å². The molecule has 0 heterocycles. The standard InChI is InChI=1S/C3H7NO2.C3H6/c1-2-6-3(4)5;1-3-2/h2H2,1H3,(H2,4,5);3H,1H2,2H3. The Morgan fingerprint density at radius 1 is 1.89 bits per heavy atom. The maximum absolute atomic E-state index is 9.60. The number of primary amides is 1. The number of nitrogens with two attached hydrogens (primary N) is 1. The zero-order chi connectivity index (χ0) is 7.70. The number of rotatable bonds is 1. The predicted molar refractivity (Wildman–Crippen MR) is 37.1 cm³/mol. The van der Waals surface area contributed by atoms with E-state index in [4.69, 9.17) is 0 Å². The topological polar surface area (TPSA) is 52.3 Å². The number of hydrogen-bond donors (Lipinski definition) is 1. The summed E-state index contributed by atoms with van der Waals surface area (Å²) in [6.45, 7) is 7.31. The minimum atomic E-state index is -0.711. The van der Waals surface area contributed by atoms with Crippen molar-refractivity contribution in [3.63, 3.8) is 0 Å². The van der Waals surface area contributed by atoms with Crippen molar-refractivity contribution < 1.29 is 9.53 Å². The number of ether oxygens (including phenoxy) is 1. The van der Waals surface area contributed by atoms with Crippen LogP contribution in [0.15, 0.2) is 12.7 Å². The normalized spacial score (nSPS) is 6.44. The maximum atomic E-state index is 9.60. The van der Waals surface area contributed by atoms with Gasteiger partial charge in [0.1, 0.15) is 0 Å². The van der Waals surface area contributed by atoms with E-state index in [1.54, 1.807) is 13.0 Å². The number of hydrogen-bond acceptors (Lipinski definition) is 2. The highest BCUT2D eigenvalue weighted by Crippen LogP contribution is 1.66. The van der Waals surface area contributed by atoms with E-state index in [0.717, 1.165) is 0 Å². The van der Waals surface area contributed by atoms with Gasteiger partial charge in [0.2, 0.25) is 0 Å². The molecule has 2 N–H and O–H groups in total. The van der Waals surface area contributed by atoms with Gasteiger partial charge in [0.15, 0.2) is 0 Å². The zero-order valence-electron chi connectivity index (χ0n) is 5.89. The van der Waals surface area contributed by atoms with Gasteiger partial charge in [-0.3, -0.25) is 0 Å². The van der Waals surface area contributed by atoms with E-state index < -0.39 is 6.09 Å². The molecular weight excluding hydrogens is 118 g/mol. The van der Waals surface area contributed by atoms with Gasteiger partial charge in [0, 0.05) is 0 Å². The van der Waals surface area contributed by atoms with Crippen LogP contribution in [0.25, 0.3) is 0 Å². The van der Waals surface area contributed by atoms with Crippen LogP contribution in [0.2, 0.25) is 0 Å². The van der Waals surface area contributed by atoms with Crippen molar-refractivity contribution in [2.75, 3.05) is 6.61 Å². The van der Waals surface area contributed by atoms with Crippen LogP contribution in [-0.4, -0.2) is 12.7 Å². The van der Waals surface area contributed by atoms with E-state index in [1.165, 1.54) is 0 Å². The highest BCUT2D eigenvalue weighted by Gasteiger charge is 1.82. The first-order valence-electron chi connectivity index (χ1n) is 2.68. The Labute approximate surface area is 55.5 Å². The molecule has 0 saturated heterocycles. The molecule has 3 nitrogen and oxygen atoms in total. The molecular formula is C6H13NO2. The van der Waals surface area contributed by atoms with Gasteiger partial charge in [0.25, 0.3) is 0 Å². The van der Waals surface area contributed by atoms with Crippen LogP contribution < -0.4 is 5.73 Å². The lowest BCUT2D eigenvalue weighted by Gasteiger charge is -1.89. The van der Waals surface area contributed by atoms with E-state index in [-0.39, 0.29) is 0 Å². The van der Waals surface area contributed by atoms with E-state index in [9.17, 15) is 4.79 Å². The van der Waals surface area contributed by atoms with Crippen molar-refractivity contribution in [2.45, 2.75) is 13.8 Å². The van der Waals surface area contributed by atoms with Gasteiger partial charge in [0.05, 0.1) is 6.61 Å². The van der Waals surface area contributed by atoms with Gasteiger partial charge in [-0.25, -0.2) is 4.79 Å². The van der Waals surface area contributed by atoms with E-state index in [0.29, 0.717) is 6.61 Å². The second-order valence-electron chi connectivity index (χ2n) is 1.16. The fourth-order valence-corrected chi connectivity index (χ4v) is 0.142. The lowest BCUT2D eigenvalue weighted by Crippen LogP contribution is -2.11. The maximum Gasteiger partial charge on any atom is 0.404 e. The van der Waals surface area contributed by atoms with Crippen LogP contribution in [0.3, 0.4) is 0 Å². The Bertz CT molecular complexity index is 81.1. The summed E-state index contributed by atoms with van der Waals surface area (Å²) in [6, 6.07) is 0. The summed E-state index contributed by atoms with van der Waals surface area (Å²) in [4.78, 5) is 9.60. The lowest BCUT2D eigenvalue weighted by atomic mass is 10.8. The molecule has 0 atom stereocenters. The molecule has 0 aromatic rings. The highest BCUT2D eigenvalue weighted by atomic mass is 16.5. The van der Waals surface area contributed by atoms with E-state index in [1.807, 2.05) is 6.92 Å². The van der Waals surface area contributed by atoms with Crippen LogP contribution in [0.1, 0.15) is 13.8 Å². The minimum absolute atomic E-state index is 0.356. The Balaban J connectivity index is 0. The molecule has 0 saturated carbocycles. The summed E-state index contributed by atoms with van der Waals surface area (Å²) in [6.07, 6.45) is 1.04. The Hall–Kier alpha value is -0.990. The van der Waals surface area contributed by atoms with Crippen molar-refractivity contribution >= 4 is 6.09 Å². The molecule has 0 spiro atoms. The zero-order valence-corrected chi connectivity index (χ0v) is 5.89. The molecule has 3 heteroatoms. The van der Waals surface area contributed by atoms with Gasteiger partial charge in [-0.2, -0.15) is 0 Å². The first-order chi connectivity index (χ1) is 4.18. The molecule has 54 valence electrons. The molecule has 9 heavy (non-hydrogen) atoms. The van der Waals surface area contributed by atoms with Crippen LogP contribution in [0.4, 0.5) is 4.79 Å². The average Bonchev–Trinajstić information content (AvgIpc) is 1.67. The monoisotopic (exact) mass is 131 g/mol. The quantitative estimate of drug-likeness (QED) is 0.545. The number of amides is 1. The summed E-state index contributed by atoms with van der Waals surface area (Å²) < 4.78 is 4.18. The van der Waals surface area contributed by atoms with Gasteiger partial charge in [-0.05, 0) is 13.8 Å². The largest absolute Gasteiger partial charge is 0.450 e. The Kier molecular flexibility index (Phi) is 12.2. The molecule has 0 bridgehead atoms. The van der Waals surface area contributed by atoms with Crippen LogP contribution >= 0.6 is 0 Å². The highest BCUT2D eigenvalue weighted by molar-refractivity contribution is 5.64. The summed E-state index contributed by atoms with van der Waals surface area (Å²) in [7, 11) is 0. The minimum Gasteiger partial charge on any atom is -0.450 e. The van der Waals surface area contributed by atoms with Gasteiger partial charge in [-0.1, -0.05) is 6.08 Å². The third-order valence-electron chi connectivity index (χ3n) is 0.287. The molecule has 0 aliphatic carbocycles. The molecule has 0 aliphatic rings. The van der Waals surface area contributed by atoms with Crippen LogP contribution in [-0.2, 0) is 4.74 Å². The summed E-state index contributed by atoms with van der Waals surface area (Å²) in [5.41, 5.74) is 4.54. The van der Waals surface area contributed by atoms with Crippen molar-refractivity contribution in [1.29, 1.82) is 0 Å². The summed E-state index contributed by atoms with van der Waals surface area (Å²) in [5, 5.41) is 0. The average molecular weight is 131 g/mol.